The van der Waals surface area contributed by atoms with Gasteiger partial charge in [0.05, 0.1) is 5.52 Å². The highest BCUT2D eigenvalue weighted by Crippen LogP contribution is 2.59. The van der Waals surface area contributed by atoms with Gasteiger partial charge in [-0.2, -0.15) is 5.10 Å². The molecule has 6 rings (SSSR count). The number of carbonyl (C=O) groups is 3. The van der Waals surface area contributed by atoms with Crippen molar-refractivity contribution >= 4 is 50.2 Å². The summed E-state index contributed by atoms with van der Waals surface area (Å²) in [5, 5.41) is 7.99. The quantitative estimate of drug-likeness (QED) is 0.242. The van der Waals surface area contributed by atoms with Gasteiger partial charge in [0.2, 0.25) is 11.8 Å². The second kappa shape index (κ2) is 9.86. The average Bonchev–Trinajstić information content (AvgIpc) is 3.36. The van der Waals surface area contributed by atoms with Gasteiger partial charge in [-0.15, -0.1) is 0 Å². The second-order valence-corrected chi connectivity index (χ2v) is 11.3. The number of nitrogens with one attached hydrogen (secondary N) is 1. The lowest BCUT2D eigenvalue weighted by atomic mass is 9.99. The molecular weight excluding hydrogens is 576 g/mol. The zero-order valence-corrected chi connectivity index (χ0v) is 23.6. The highest BCUT2D eigenvalue weighted by Gasteiger charge is 2.66. The predicted octanol–water partition coefficient (Wildman–Crippen LogP) is 3.12. The van der Waals surface area contributed by atoms with Gasteiger partial charge < -0.3 is 16.0 Å². The van der Waals surface area contributed by atoms with Gasteiger partial charge in [0, 0.05) is 48.3 Å². The molecule has 3 atom stereocenters. The third-order valence-corrected chi connectivity index (χ3v) is 8.31. The summed E-state index contributed by atoms with van der Waals surface area (Å²) in [6.45, 7) is 3.54. The van der Waals surface area contributed by atoms with Crippen molar-refractivity contribution in [3.8, 4) is 11.1 Å². The molecule has 3 N–H and O–H groups in total. The SMILES string of the molecule is CC(=O)c1nn(CC(=O)N2C3CC3(CN)C[C@H]2C(=O)Nc2cccc(Br)n2)c2ccc(-c3cnc(C)nc3)cc12. The van der Waals surface area contributed by atoms with E-state index in [2.05, 4.69) is 41.3 Å². The molecule has 12 heteroatoms. The van der Waals surface area contributed by atoms with Crippen LogP contribution >= 0.6 is 15.9 Å². The smallest absolute Gasteiger partial charge is 0.248 e. The number of aryl methyl sites for hydroxylation is 1. The average molecular weight is 603 g/mol. The minimum Gasteiger partial charge on any atom is -0.330 e. The van der Waals surface area contributed by atoms with Gasteiger partial charge in [0.1, 0.15) is 34.5 Å². The van der Waals surface area contributed by atoms with E-state index in [0.29, 0.717) is 40.1 Å². The van der Waals surface area contributed by atoms with Gasteiger partial charge in [0.25, 0.3) is 0 Å². The Kier molecular flexibility index (Phi) is 6.46. The summed E-state index contributed by atoms with van der Waals surface area (Å²) in [7, 11) is 0. The molecule has 2 unspecified atom stereocenters. The zero-order chi connectivity index (χ0) is 28.2. The number of nitrogens with two attached hydrogens (primary N) is 1. The number of rotatable bonds is 7. The van der Waals surface area contributed by atoms with Crippen molar-refractivity contribution in [2.24, 2.45) is 11.1 Å². The van der Waals surface area contributed by atoms with E-state index in [1.165, 1.54) is 6.92 Å². The van der Waals surface area contributed by atoms with Crippen molar-refractivity contribution in [1.82, 2.24) is 29.6 Å². The number of anilines is 1. The fourth-order valence-corrected chi connectivity index (χ4v) is 6.03. The molecule has 2 amide bonds. The fraction of sp³-hybridized carbons (Fsp3) is 0.321. The Morgan fingerprint density at radius 1 is 1.12 bits per heavy atom. The molecule has 0 radical (unpaired) electrons. The van der Waals surface area contributed by atoms with E-state index in [1.54, 1.807) is 40.2 Å². The largest absolute Gasteiger partial charge is 0.330 e. The minimum absolute atomic E-state index is 0.113. The molecule has 0 spiro atoms. The molecule has 1 aliphatic heterocycles. The van der Waals surface area contributed by atoms with Crippen LogP contribution in [0, 0.1) is 12.3 Å². The van der Waals surface area contributed by atoms with Crippen molar-refractivity contribution in [2.75, 3.05) is 11.9 Å². The van der Waals surface area contributed by atoms with E-state index in [4.69, 9.17) is 5.73 Å². The number of pyridine rings is 1. The van der Waals surface area contributed by atoms with Gasteiger partial charge in [0.15, 0.2) is 5.78 Å². The number of aromatic nitrogens is 5. The van der Waals surface area contributed by atoms with E-state index in [-0.39, 0.29) is 41.3 Å². The van der Waals surface area contributed by atoms with Crippen LogP contribution in [0.2, 0.25) is 0 Å². The number of piperidine rings is 1. The molecule has 11 nitrogen and oxygen atoms in total. The fourth-order valence-electron chi connectivity index (χ4n) is 5.69. The molecule has 0 bridgehead atoms. The molecule has 1 aromatic carbocycles. The van der Waals surface area contributed by atoms with Crippen LogP contribution in [0.5, 0.6) is 0 Å². The number of benzene rings is 1. The number of halogens is 1. The lowest BCUT2D eigenvalue weighted by molar-refractivity contribution is -0.138. The molecular formula is C28H27BrN8O3. The Morgan fingerprint density at radius 2 is 1.90 bits per heavy atom. The Hall–Kier alpha value is -4.03. The standard InChI is InChI=1S/C28H27BrN8O3/c1-15(38)26-19-8-17(18-11-31-16(2)32-12-18)6-7-20(19)36(35-26)13-25(39)37-21(9-28(14-30)10-22(28)37)27(40)34-24-5-3-4-23(29)33-24/h3-8,11-12,21-22H,9-10,13-14,30H2,1-2H3,(H,33,34,40)/t21-,22?,28?/m0/s1. The Balaban J connectivity index is 1.30. The molecule has 1 saturated carbocycles. The summed E-state index contributed by atoms with van der Waals surface area (Å²) < 4.78 is 2.13. The molecule has 1 saturated heterocycles. The van der Waals surface area contributed by atoms with Gasteiger partial charge in [-0.25, -0.2) is 15.0 Å². The van der Waals surface area contributed by atoms with Crippen LogP contribution in [0.3, 0.4) is 0 Å². The molecule has 4 aromatic rings. The van der Waals surface area contributed by atoms with Gasteiger partial charge in [-0.1, -0.05) is 12.1 Å². The first kappa shape index (κ1) is 26.2. The first-order valence-electron chi connectivity index (χ1n) is 12.9. The van der Waals surface area contributed by atoms with Crippen molar-refractivity contribution in [2.45, 2.75) is 45.3 Å². The van der Waals surface area contributed by atoms with Crippen molar-refractivity contribution in [1.29, 1.82) is 0 Å². The van der Waals surface area contributed by atoms with Crippen LogP contribution in [-0.4, -0.2) is 65.9 Å². The molecule has 204 valence electrons. The molecule has 2 aliphatic rings. The number of likely N-dealkylation sites (tertiary alicyclic amines) is 1. The predicted molar refractivity (Wildman–Crippen MR) is 151 cm³/mol. The number of carbonyl (C=O) groups excluding carboxylic acids is 3. The summed E-state index contributed by atoms with van der Waals surface area (Å²) in [6.07, 6.45) is 4.70. The van der Waals surface area contributed by atoms with E-state index < -0.39 is 6.04 Å². The molecule has 1 aliphatic carbocycles. The van der Waals surface area contributed by atoms with Crippen molar-refractivity contribution in [3.05, 3.63) is 64.9 Å². The highest BCUT2D eigenvalue weighted by atomic mass is 79.9. The van der Waals surface area contributed by atoms with Crippen molar-refractivity contribution in [3.63, 3.8) is 0 Å². The normalized spacial score (nSPS) is 21.4. The second-order valence-electron chi connectivity index (χ2n) is 10.5. The third kappa shape index (κ3) is 4.56. The summed E-state index contributed by atoms with van der Waals surface area (Å²) in [4.78, 5) is 54.1. The Bertz CT molecular complexity index is 1670. The summed E-state index contributed by atoms with van der Waals surface area (Å²) in [5.41, 5.74) is 8.40. The first-order valence-corrected chi connectivity index (χ1v) is 13.7. The minimum atomic E-state index is -0.683. The van der Waals surface area contributed by atoms with E-state index >= 15 is 0 Å². The number of hydrogen-bond acceptors (Lipinski definition) is 8. The number of fused-ring (bicyclic) bond motifs is 2. The lowest BCUT2D eigenvalue weighted by Crippen LogP contribution is -2.46. The third-order valence-electron chi connectivity index (χ3n) is 7.86. The van der Waals surface area contributed by atoms with Crippen LogP contribution in [0.25, 0.3) is 22.0 Å². The molecule has 3 aromatic heterocycles. The van der Waals surface area contributed by atoms with Crippen LogP contribution < -0.4 is 11.1 Å². The maximum atomic E-state index is 13.8. The van der Waals surface area contributed by atoms with Gasteiger partial charge in [-0.3, -0.25) is 19.1 Å². The number of hydrogen-bond donors (Lipinski definition) is 2. The summed E-state index contributed by atoms with van der Waals surface area (Å²) >= 11 is 3.31. The topological polar surface area (TPSA) is 149 Å². The van der Waals surface area contributed by atoms with Crippen LogP contribution in [-0.2, 0) is 16.1 Å². The number of nitrogens with zero attached hydrogens (tertiary/aromatic N) is 6. The number of ketones is 1. The first-order chi connectivity index (χ1) is 19.2. The zero-order valence-electron chi connectivity index (χ0n) is 22.0. The number of Topliss-reactive ketones (excluding diaryl/α,β-unsaturated/α-hetero) is 1. The molecule has 2 fully saturated rings. The van der Waals surface area contributed by atoms with E-state index in [0.717, 1.165) is 17.5 Å². The maximum Gasteiger partial charge on any atom is 0.248 e. The monoisotopic (exact) mass is 602 g/mol. The van der Waals surface area contributed by atoms with Crippen LogP contribution in [0.4, 0.5) is 5.82 Å². The van der Waals surface area contributed by atoms with Gasteiger partial charge >= 0.3 is 0 Å². The van der Waals surface area contributed by atoms with Crippen molar-refractivity contribution < 1.29 is 14.4 Å². The van der Waals surface area contributed by atoms with Crippen LogP contribution in [0.1, 0.15) is 36.1 Å². The Labute approximate surface area is 238 Å². The van der Waals surface area contributed by atoms with Crippen LogP contribution in [0.15, 0.2) is 53.4 Å². The molecule has 40 heavy (non-hydrogen) atoms. The summed E-state index contributed by atoms with van der Waals surface area (Å²) in [5.74, 6) is 0.289. The van der Waals surface area contributed by atoms with E-state index in [9.17, 15) is 14.4 Å². The molecule has 4 heterocycles. The summed E-state index contributed by atoms with van der Waals surface area (Å²) in [6, 6.07) is 10.0. The maximum absolute atomic E-state index is 13.8. The number of amides is 2. The van der Waals surface area contributed by atoms with E-state index in [1.807, 2.05) is 25.1 Å². The lowest BCUT2D eigenvalue weighted by Gasteiger charge is -2.26. The highest BCUT2D eigenvalue weighted by molar-refractivity contribution is 9.10. The Morgan fingerprint density at radius 3 is 2.60 bits per heavy atom. The van der Waals surface area contributed by atoms with Gasteiger partial charge in [-0.05, 0) is 65.5 Å².